The van der Waals surface area contributed by atoms with E-state index in [4.69, 9.17) is 28.8 Å². The average Bonchev–Trinajstić information content (AvgIpc) is 3.39. The zero-order valence-corrected chi connectivity index (χ0v) is 26.9. The molecule has 0 unspecified atom stereocenters. The van der Waals surface area contributed by atoms with Gasteiger partial charge in [-0.15, -0.1) is 0 Å². The Morgan fingerprint density at radius 1 is 1.09 bits per heavy atom. The van der Waals surface area contributed by atoms with Crippen molar-refractivity contribution in [2.75, 3.05) is 13.1 Å². The van der Waals surface area contributed by atoms with Crippen molar-refractivity contribution in [3.8, 4) is 16.9 Å². The second-order valence-electron chi connectivity index (χ2n) is 10.3. The van der Waals surface area contributed by atoms with Gasteiger partial charge in [-0.1, -0.05) is 51.4 Å². The van der Waals surface area contributed by atoms with Gasteiger partial charge >= 0.3 is 5.69 Å². The third-order valence-electron chi connectivity index (χ3n) is 6.29. The van der Waals surface area contributed by atoms with E-state index >= 15 is 4.39 Å². The minimum Gasteiger partial charge on any atom is -0.370 e. The van der Waals surface area contributed by atoms with Gasteiger partial charge in [-0.3, -0.25) is 9.56 Å². The highest BCUT2D eigenvalue weighted by Crippen LogP contribution is 2.31. The maximum atomic E-state index is 15.0. The fourth-order valence-corrected chi connectivity index (χ4v) is 4.44. The lowest BCUT2D eigenvalue weighted by Gasteiger charge is -2.18. The summed E-state index contributed by atoms with van der Waals surface area (Å²) < 4.78 is 16.5. The Kier molecular flexibility index (Phi) is 13.8. The standard InChI is InChI=1S/C28H34ClFN8O.2C2H6/c1-28(2,33)9-8-18-12-21(24(30)22(29)13-18)23-14-19-16-38(27(39)37-25(19)36-23)20-6-4-17(5-7-20)15-34-10-3-11-35-26(31)32;2*1-2/h4-7,12-14,16,34H,3,8-11,15,33H2,1-2H3,(H4,31,32,35)(H,36,37,39);2*1-2H3. The third kappa shape index (κ3) is 10.5. The van der Waals surface area contributed by atoms with Crippen LogP contribution in [0.25, 0.3) is 28.0 Å². The second-order valence-corrected chi connectivity index (χ2v) is 10.7. The van der Waals surface area contributed by atoms with Gasteiger partial charge in [0.2, 0.25) is 0 Å². The molecule has 0 atom stereocenters. The predicted molar refractivity (Wildman–Crippen MR) is 178 cm³/mol. The van der Waals surface area contributed by atoms with Crippen LogP contribution in [0, 0.1) is 5.82 Å². The summed E-state index contributed by atoms with van der Waals surface area (Å²) >= 11 is 6.22. The minimum atomic E-state index is -0.533. The van der Waals surface area contributed by atoms with E-state index in [0.717, 1.165) is 30.5 Å². The van der Waals surface area contributed by atoms with Gasteiger partial charge < -0.3 is 27.5 Å². The van der Waals surface area contributed by atoms with Crippen LogP contribution < -0.4 is 28.2 Å². The number of guanidine groups is 1. The largest absolute Gasteiger partial charge is 0.370 e. The van der Waals surface area contributed by atoms with Crippen LogP contribution in [0.5, 0.6) is 0 Å². The smallest absolute Gasteiger partial charge is 0.354 e. The number of rotatable bonds is 11. The minimum absolute atomic E-state index is 0.0341. The summed E-state index contributed by atoms with van der Waals surface area (Å²) in [6.45, 7) is 13.9. The highest BCUT2D eigenvalue weighted by molar-refractivity contribution is 6.31. The number of aliphatic imine (C=N–C) groups is 1. The third-order valence-corrected chi connectivity index (χ3v) is 6.57. The van der Waals surface area contributed by atoms with E-state index in [1.54, 1.807) is 24.4 Å². The van der Waals surface area contributed by atoms with E-state index in [1.807, 2.05) is 65.8 Å². The number of hydrogen-bond acceptors (Lipinski definition) is 5. The molecule has 0 saturated carbocycles. The number of hydrogen-bond donors (Lipinski definition) is 5. The Labute approximate surface area is 258 Å². The lowest BCUT2D eigenvalue weighted by Crippen LogP contribution is -2.32. The number of benzene rings is 2. The molecule has 0 aliphatic carbocycles. The van der Waals surface area contributed by atoms with Crippen LogP contribution in [0.15, 0.2) is 58.4 Å². The number of H-pyrrole nitrogens is 1. The maximum Gasteiger partial charge on any atom is 0.354 e. The lowest BCUT2D eigenvalue weighted by molar-refractivity contribution is 0.477. The van der Waals surface area contributed by atoms with Crippen LogP contribution in [-0.2, 0) is 13.0 Å². The van der Waals surface area contributed by atoms with Crippen LogP contribution in [0.4, 0.5) is 4.39 Å². The molecule has 11 heteroatoms. The molecule has 234 valence electrons. The molecule has 2 heterocycles. The van der Waals surface area contributed by atoms with Gasteiger partial charge in [-0.2, -0.15) is 4.98 Å². The molecule has 0 bridgehead atoms. The van der Waals surface area contributed by atoms with E-state index in [-0.39, 0.29) is 16.5 Å². The monoisotopic (exact) mass is 612 g/mol. The molecule has 4 rings (SSSR count). The molecule has 8 N–H and O–H groups in total. The number of nitrogens with two attached hydrogens (primary N) is 3. The zero-order valence-electron chi connectivity index (χ0n) is 26.1. The molecule has 0 radical (unpaired) electrons. The van der Waals surface area contributed by atoms with E-state index in [9.17, 15) is 4.79 Å². The van der Waals surface area contributed by atoms with Gasteiger partial charge in [0.05, 0.1) is 16.4 Å². The molecule has 2 aromatic carbocycles. The van der Waals surface area contributed by atoms with E-state index in [0.29, 0.717) is 47.5 Å². The summed E-state index contributed by atoms with van der Waals surface area (Å²) in [7, 11) is 0. The number of nitrogens with one attached hydrogen (secondary N) is 2. The van der Waals surface area contributed by atoms with Crippen LogP contribution >= 0.6 is 11.6 Å². The molecule has 0 spiro atoms. The molecular formula is C32H46ClFN8O. The van der Waals surface area contributed by atoms with Crippen molar-refractivity contribution in [2.45, 2.75) is 72.9 Å². The molecule has 2 aromatic heterocycles. The maximum absolute atomic E-state index is 15.0. The number of fused-ring (bicyclic) bond motifs is 1. The molecule has 9 nitrogen and oxygen atoms in total. The highest BCUT2D eigenvalue weighted by atomic mass is 35.5. The first kappa shape index (κ1) is 35.5. The summed E-state index contributed by atoms with van der Waals surface area (Å²) in [4.78, 5) is 24.0. The first-order valence-corrected chi connectivity index (χ1v) is 15.1. The van der Waals surface area contributed by atoms with Gasteiger partial charge in [0, 0.05) is 35.8 Å². The van der Waals surface area contributed by atoms with Gasteiger partial charge in [0.25, 0.3) is 0 Å². The fourth-order valence-electron chi connectivity index (χ4n) is 4.20. The molecule has 4 aromatic rings. The van der Waals surface area contributed by atoms with Crippen molar-refractivity contribution in [1.82, 2.24) is 19.9 Å². The molecule has 0 amide bonds. The quantitative estimate of drug-likeness (QED) is 0.0838. The second kappa shape index (κ2) is 16.8. The Bertz CT molecular complexity index is 1530. The van der Waals surface area contributed by atoms with Crippen molar-refractivity contribution < 1.29 is 4.39 Å². The van der Waals surface area contributed by atoms with Crippen LogP contribution in [-0.4, -0.2) is 39.1 Å². The fraction of sp³-hybridized carbons (Fsp3) is 0.406. The number of aryl methyl sites for hydroxylation is 1. The van der Waals surface area contributed by atoms with Gasteiger partial charge in [-0.05, 0) is 81.1 Å². The number of halogens is 2. The van der Waals surface area contributed by atoms with Gasteiger partial charge in [-0.25, -0.2) is 9.18 Å². The summed E-state index contributed by atoms with van der Waals surface area (Å²) in [6, 6.07) is 12.8. The number of aromatic amines is 1. The topological polar surface area (TPSA) is 153 Å². The van der Waals surface area contributed by atoms with Crippen LogP contribution in [0.1, 0.15) is 65.5 Å². The van der Waals surface area contributed by atoms with Crippen molar-refractivity contribution in [3.05, 3.63) is 81.1 Å². The SMILES string of the molecule is CC.CC.CC(C)(N)CCc1cc(Cl)c(F)c(-c2cc3cn(-c4ccc(CNCCCN=C(N)N)cc4)c(=O)nc3[nH]2)c1. The van der Waals surface area contributed by atoms with Crippen molar-refractivity contribution in [1.29, 1.82) is 0 Å². The molecule has 0 fully saturated rings. The highest BCUT2D eigenvalue weighted by Gasteiger charge is 2.17. The first-order chi connectivity index (χ1) is 20.5. The summed E-state index contributed by atoms with van der Waals surface area (Å²) in [6.07, 6.45) is 3.89. The van der Waals surface area contributed by atoms with Gasteiger partial charge in [0.1, 0.15) is 5.65 Å². The normalized spacial score (nSPS) is 10.9. The Hall–Kier alpha value is -3.73. The summed E-state index contributed by atoms with van der Waals surface area (Å²) in [5.74, 6) is -0.438. The average molecular weight is 613 g/mol. The Morgan fingerprint density at radius 3 is 2.40 bits per heavy atom. The first-order valence-electron chi connectivity index (χ1n) is 14.8. The molecule has 0 aliphatic rings. The van der Waals surface area contributed by atoms with Crippen LogP contribution in [0.3, 0.4) is 0 Å². The van der Waals surface area contributed by atoms with Crippen molar-refractivity contribution in [2.24, 2.45) is 22.2 Å². The number of aromatic nitrogens is 3. The molecule has 0 aliphatic heterocycles. The Morgan fingerprint density at radius 2 is 1.77 bits per heavy atom. The van der Waals surface area contributed by atoms with E-state index in [1.165, 1.54) is 4.57 Å². The lowest BCUT2D eigenvalue weighted by atomic mass is 9.95. The van der Waals surface area contributed by atoms with Crippen molar-refractivity contribution >= 4 is 28.6 Å². The number of nitrogens with zero attached hydrogens (tertiary/aromatic N) is 3. The Balaban J connectivity index is 0.00000155. The van der Waals surface area contributed by atoms with E-state index in [2.05, 4.69) is 20.3 Å². The van der Waals surface area contributed by atoms with Crippen LogP contribution in [0.2, 0.25) is 5.02 Å². The molecule has 0 saturated heterocycles. The summed E-state index contributed by atoms with van der Waals surface area (Å²) in [5.41, 5.74) is 19.8. The van der Waals surface area contributed by atoms with E-state index < -0.39 is 11.5 Å². The summed E-state index contributed by atoms with van der Waals surface area (Å²) in [5, 5.41) is 4.03. The van der Waals surface area contributed by atoms with Gasteiger partial charge in [0.15, 0.2) is 11.8 Å². The zero-order chi connectivity index (χ0) is 32.2. The predicted octanol–water partition coefficient (Wildman–Crippen LogP) is 5.65. The van der Waals surface area contributed by atoms with Crippen molar-refractivity contribution in [3.63, 3.8) is 0 Å². The molecular weight excluding hydrogens is 567 g/mol. The molecule has 43 heavy (non-hydrogen) atoms.